The molecule has 0 fully saturated rings. The van der Waals surface area contributed by atoms with Crippen LogP contribution in [0.3, 0.4) is 0 Å². The van der Waals surface area contributed by atoms with Crippen molar-refractivity contribution in [2.24, 2.45) is 0 Å². The Balaban J connectivity index is 0.000000429. The van der Waals surface area contributed by atoms with Gasteiger partial charge >= 0.3 is 49.4 Å². The monoisotopic (exact) mass is 558 g/mol. The SMILES string of the molecule is Cc1ccc(C(=O)[O-])cc1.Cc1ccc(C(=O)[O-])cc1.Cc1ccc(C(=O)[O-])cc1.[Eu+3]. The molecule has 0 radical (unpaired) electrons. The summed E-state index contributed by atoms with van der Waals surface area (Å²) in [6, 6.07) is 19.6. The van der Waals surface area contributed by atoms with E-state index in [0.29, 0.717) is 0 Å². The first-order valence-electron chi connectivity index (χ1n) is 8.94. The minimum absolute atomic E-state index is 0. The Morgan fingerprint density at radius 1 is 0.452 bits per heavy atom. The molecule has 31 heavy (non-hydrogen) atoms. The van der Waals surface area contributed by atoms with E-state index in [4.69, 9.17) is 0 Å². The molecule has 0 unspecified atom stereocenters. The Hall–Kier alpha value is -2.35. The predicted octanol–water partition coefficient (Wildman–Crippen LogP) is 1.08. The van der Waals surface area contributed by atoms with Crippen LogP contribution in [-0.4, -0.2) is 17.9 Å². The van der Waals surface area contributed by atoms with E-state index in [0.717, 1.165) is 16.7 Å². The number of carboxylic acid groups (broad SMARTS) is 3. The van der Waals surface area contributed by atoms with Gasteiger partial charge in [0.05, 0.1) is 17.9 Å². The Morgan fingerprint density at radius 3 is 0.742 bits per heavy atom. The average Bonchev–Trinajstić information content (AvgIpc) is 2.70. The van der Waals surface area contributed by atoms with Crippen LogP contribution < -0.4 is 15.3 Å². The second-order valence-electron chi connectivity index (χ2n) is 6.46. The molecule has 0 atom stereocenters. The molecule has 0 aromatic heterocycles. The fourth-order valence-corrected chi connectivity index (χ4v) is 2.07. The van der Waals surface area contributed by atoms with Crippen LogP contribution in [0.1, 0.15) is 47.8 Å². The topological polar surface area (TPSA) is 120 Å². The second-order valence-corrected chi connectivity index (χ2v) is 6.46. The number of carboxylic acids is 3. The zero-order valence-electron chi connectivity index (χ0n) is 17.3. The minimum atomic E-state index is -1.12. The molecule has 0 saturated carbocycles. The van der Waals surface area contributed by atoms with Gasteiger partial charge in [-0.05, 0) is 37.5 Å². The zero-order chi connectivity index (χ0) is 22.7. The fourth-order valence-electron chi connectivity index (χ4n) is 2.07. The maximum absolute atomic E-state index is 10.2. The molecule has 0 saturated heterocycles. The molecule has 0 spiro atoms. The van der Waals surface area contributed by atoms with E-state index in [1.165, 1.54) is 36.4 Å². The smallest absolute Gasteiger partial charge is 0.545 e. The van der Waals surface area contributed by atoms with Crippen LogP contribution in [0, 0.1) is 70.1 Å². The molecule has 3 aromatic rings. The zero-order valence-corrected chi connectivity index (χ0v) is 19.7. The standard InChI is InChI=1S/3C8H8O2.Eu/c3*1-6-2-4-7(5-3-6)8(9)10;/h3*2-5H,1H3,(H,9,10);/q;;;+3/p-3. The number of benzene rings is 3. The quantitative estimate of drug-likeness (QED) is 0.476. The summed E-state index contributed by atoms with van der Waals surface area (Å²) in [7, 11) is 0. The fraction of sp³-hybridized carbons (Fsp3) is 0.125. The van der Waals surface area contributed by atoms with E-state index < -0.39 is 17.9 Å². The summed E-state index contributed by atoms with van der Waals surface area (Å²) in [5.74, 6) is -3.37. The number of rotatable bonds is 3. The van der Waals surface area contributed by atoms with Crippen molar-refractivity contribution in [1.29, 1.82) is 0 Å². The third kappa shape index (κ3) is 11.6. The first-order chi connectivity index (χ1) is 14.1. The van der Waals surface area contributed by atoms with E-state index in [9.17, 15) is 29.7 Å². The van der Waals surface area contributed by atoms with E-state index >= 15 is 0 Å². The van der Waals surface area contributed by atoms with Gasteiger partial charge in [-0.25, -0.2) is 0 Å². The molecule has 6 nitrogen and oxygen atoms in total. The molecule has 0 aliphatic rings. The molecule has 0 aliphatic heterocycles. The summed E-state index contributed by atoms with van der Waals surface area (Å²) in [4.78, 5) is 30.6. The van der Waals surface area contributed by atoms with Gasteiger partial charge in [0.1, 0.15) is 0 Å². The van der Waals surface area contributed by atoms with Gasteiger partial charge in [-0.1, -0.05) is 89.5 Å². The van der Waals surface area contributed by atoms with Crippen molar-refractivity contribution in [3.63, 3.8) is 0 Å². The largest absolute Gasteiger partial charge is 3.00 e. The summed E-state index contributed by atoms with van der Waals surface area (Å²) >= 11 is 0. The summed E-state index contributed by atoms with van der Waals surface area (Å²) in [6.45, 7) is 5.71. The summed E-state index contributed by atoms with van der Waals surface area (Å²) in [6.07, 6.45) is 0. The molecule has 3 rings (SSSR count). The van der Waals surface area contributed by atoms with Gasteiger partial charge in [-0.2, -0.15) is 0 Å². The molecule has 0 N–H and O–H groups in total. The van der Waals surface area contributed by atoms with Gasteiger partial charge in [0, 0.05) is 0 Å². The van der Waals surface area contributed by atoms with Gasteiger partial charge in [0.15, 0.2) is 0 Å². The van der Waals surface area contributed by atoms with Crippen LogP contribution in [0.2, 0.25) is 0 Å². The van der Waals surface area contributed by atoms with Crippen molar-refractivity contribution < 1.29 is 79.1 Å². The van der Waals surface area contributed by atoms with Crippen LogP contribution in [-0.2, 0) is 0 Å². The number of hydrogen-bond donors (Lipinski definition) is 0. The summed E-state index contributed by atoms with van der Waals surface area (Å²) in [5, 5.41) is 30.6. The van der Waals surface area contributed by atoms with Crippen LogP contribution >= 0.6 is 0 Å². The van der Waals surface area contributed by atoms with E-state index in [2.05, 4.69) is 0 Å². The Bertz CT molecular complexity index is 846. The number of hydrogen-bond acceptors (Lipinski definition) is 6. The molecule has 0 bridgehead atoms. The number of carbonyl (C=O) groups is 3. The maximum atomic E-state index is 10.2. The van der Waals surface area contributed by atoms with Crippen molar-refractivity contribution in [3.05, 3.63) is 106 Å². The molecular weight excluding hydrogens is 536 g/mol. The summed E-state index contributed by atoms with van der Waals surface area (Å²) < 4.78 is 0. The first kappa shape index (κ1) is 28.7. The third-order valence-electron chi connectivity index (χ3n) is 3.86. The normalized spacial score (nSPS) is 9.00. The second kappa shape index (κ2) is 14.6. The molecule has 0 aliphatic carbocycles. The van der Waals surface area contributed by atoms with E-state index in [1.54, 1.807) is 36.4 Å². The minimum Gasteiger partial charge on any atom is -0.545 e. The molecule has 7 heteroatoms. The van der Waals surface area contributed by atoms with Crippen LogP contribution in [0.5, 0.6) is 0 Å². The van der Waals surface area contributed by atoms with E-state index in [1.807, 2.05) is 20.8 Å². The van der Waals surface area contributed by atoms with E-state index in [-0.39, 0.29) is 66.1 Å². The van der Waals surface area contributed by atoms with Gasteiger partial charge in [0.2, 0.25) is 0 Å². The van der Waals surface area contributed by atoms with Gasteiger partial charge < -0.3 is 29.7 Å². The molecule has 0 amide bonds. The Labute approximate surface area is 222 Å². The maximum Gasteiger partial charge on any atom is 3.00 e. The van der Waals surface area contributed by atoms with Crippen LogP contribution in [0.25, 0.3) is 0 Å². The number of aryl methyl sites for hydroxylation is 3. The van der Waals surface area contributed by atoms with Crippen molar-refractivity contribution in [1.82, 2.24) is 0 Å². The van der Waals surface area contributed by atoms with Crippen molar-refractivity contribution >= 4 is 17.9 Å². The first-order valence-corrected chi connectivity index (χ1v) is 8.94. The molecule has 160 valence electrons. The van der Waals surface area contributed by atoms with Crippen molar-refractivity contribution in [2.45, 2.75) is 20.8 Å². The number of aromatic carboxylic acids is 3. The van der Waals surface area contributed by atoms with Crippen molar-refractivity contribution in [3.8, 4) is 0 Å². The molecule has 0 heterocycles. The Kier molecular flexibility index (Phi) is 13.5. The average molecular weight is 557 g/mol. The Morgan fingerprint density at radius 2 is 0.613 bits per heavy atom. The number of carbonyl (C=O) groups excluding carboxylic acids is 3. The molecule has 3 aromatic carbocycles. The summed E-state index contributed by atoms with van der Waals surface area (Å²) in [5.41, 5.74) is 3.82. The van der Waals surface area contributed by atoms with Gasteiger partial charge in [-0.3, -0.25) is 0 Å². The van der Waals surface area contributed by atoms with Crippen LogP contribution in [0.4, 0.5) is 0 Å². The van der Waals surface area contributed by atoms with Gasteiger partial charge in [-0.15, -0.1) is 0 Å². The van der Waals surface area contributed by atoms with Crippen molar-refractivity contribution in [2.75, 3.05) is 0 Å². The van der Waals surface area contributed by atoms with Gasteiger partial charge in [0.25, 0.3) is 0 Å². The third-order valence-corrected chi connectivity index (χ3v) is 3.86. The van der Waals surface area contributed by atoms with Crippen LogP contribution in [0.15, 0.2) is 72.8 Å². The molecular formula is C24H21EuO6. The predicted molar refractivity (Wildman–Crippen MR) is 107 cm³/mol.